The molecule has 2 N–H and O–H groups in total. The highest BCUT2D eigenvalue weighted by Crippen LogP contribution is 2.24. The first-order valence-corrected chi connectivity index (χ1v) is 7.23. The molecule has 1 saturated carbocycles. The Morgan fingerprint density at radius 1 is 1.14 bits per heavy atom. The van der Waals surface area contributed by atoms with E-state index < -0.39 is 0 Å². The molecule has 1 amide bonds. The highest BCUT2D eigenvalue weighted by Gasteiger charge is 2.21. The molecule has 0 saturated heterocycles. The van der Waals surface area contributed by atoms with Gasteiger partial charge in [-0.2, -0.15) is 0 Å². The highest BCUT2D eigenvalue weighted by atomic mass is 16.1. The SMILES string of the molecule is Cc1ccc(C(=O)Nc2ccc(NC3CC3)nc2)cc1C. The Balaban J connectivity index is 1.67. The van der Waals surface area contributed by atoms with Crippen LogP contribution in [0.3, 0.4) is 0 Å². The van der Waals surface area contributed by atoms with Gasteiger partial charge in [-0.25, -0.2) is 4.98 Å². The maximum Gasteiger partial charge on any atom is 0.255 e. The molecular weight excluding hydrogens is 262 g/mol. The first-order chi connectivity index (χ1) is 10.1. The number of hydrogen-bond donors (Lipinski definition) is 2. The third-order valence-corrected chi connectivity index (χ3v) is 3.72. The average molecular weight is 281 g/mol. The van der Waals surface area contributed by atoms with Crippen molar-refractivity contribution in [1.82, 2.24) is 4.98 Å². The number of aryl methyl sites for hydroxylation is 2. The predicted molar refractivity (Wildman–Crippen MR) is 84.8 cm³/mol. The van der Waals surface area contributed by atoms with Crippen molar-refractivity contribution in [1.29, 1.82) is 0 Å². The fraction of sp³-hybridized carbons (Fsp3) is 0.294. The zero-order chi connectivity index (χ0) is 14.8. The Labute approximate surface area is 124 Å². The van der Waals surface area contributed by atoms with E-state index in [2.05, 4.69) is 15.6 Å². The Hall–Kier alpha value is -2.36. The Morgan fingerprint density at radius 2 is 1.95 bits per heavy atom. The number of hydrogen-bond acceptors (Lipinski definition) is 3. The van der Waals surface area contributed by atoms with Gasteiger partial charge in [0.05, 0.1) is 11.9 Å². The molecule has 3 rings (SSSR count). The topological polar surface area (TPSA) is 54.0 Å². The zero-order valence-corrected chi connectivity index (χ0v) is 12.3. The average Bonchev–Trinajstić information content (AvgIpc) is 3.28. The summed E-state index contributed by atoms with van der Waals surface area (Å²) in [6.07, 6.45) is 4.11. The van der Waals surface area contributed by atoms with E-state index in [0.717, 1.165) is 11.4 Å². The van der Waals surface area contributed by atoms with Crippen LogP contribution in [-0.4, -0.2) is 16.9 Å². The van der Waals surface area contributed by atoms with E-state index in [0.29, 0.717) is 17.3 Å². The maximum atomic E-state index is 12.2. The van der Waals surface area contributed by atoms with Gasteiger partial charge in [-0.1, -0.05) is 6.07 Å². The number of amides is 1. The summed E-state index contributed by atoms with van der Waals surface area (Å²) in [6, 6.07) is 10.1. The van der Waals surface area contributed by atoms with Gasteiger partial charge in [-0.05, 0) is 62.1 Å². The molecule has 0 unspecified atom stereocenters. The van der Waals surface area contributed by atoms with Gasteiger partial charge in [0.15, 0.2) is 0 Å². The standard InChI is InChI=1S/C17H19N3O/c1-11-3-4-13(9-12(11)2)17(21)20-15-7-8-16(18-10-15)19-14-5-6-14/h3-4,7-10,14H,5-6H2,1-2H3,(H,18,19)(H,20,21). The molecule has 0 bridgehead atoms. The Bertz CT molecular complexity index is 660. The molecule has 1 aromatic heterocycles. The van der Waals surface area contributed by atoms with Gasteiger partial charge in [0, 0.05) is 11.6 Å². The van der Waals surface area contributed by atoms with E-state index in [-0.39, 0.29) is 5.91 Å². The zero-order valence-electron chi connectivity index (χ0n) is 12.3. The molecule has 4 heteroatoms. The second-order valence-electron chi connectivity index (χ2n) is 5.60. The Kier molecular flexibility index (Phi) is 3.60. The molecule has 21 heavy (non-hydrogen) atoms. The monoisotopic (exact) mass is 281 g/mol. The van der Waals surface area contributed by atoms with Gasteiger partial charge in [0.2, 0.25) is 0 Å². The van der Waals surface area contributed by atoms with E-state index in [4.69, 9.17) is 0 Å². The van der Waals surface area contributed by atoms with Gasteiger partial charge in [-0.3, -0.25) is 4.79 Å². The third-order valence-electron chi connectivity index (χ3n) is 3.72. The van der Waals surface area contributed by atoms with Crippen LogP contribution < -0.4 is 10.6 Å². The van der Waals surface area contributed by atoms with E-state index in [9.17, 15) is 4.79 Å². The summed E-state index contributed by atoms with van der Waals surface area (Å²) in [4.78, 5) is 16.5. The maximum absolute atomic E-state index is 12.2. The molecule has 1 heterocycles. The summed E-state index contributed by atoms with van der Waals surface area (Å²) in [5, 5.41) is 6.19. The molecule has 1 aromatic carbocycles. The second kappa shape index (κ2) is 5.56. The lowest BCUT2D eigenvalue weighted by Crippen LogP contribution is -2.12. The lowest BCUT2D eigenvalue weighted by molar-refractivity contribution is 0.102. The smallest absolute Gasteiger partial charge is 0.255 e. The third kappa shape index (κ3) is 3.40. The molecule has 108 valence electrons. The minimum absolute atomic E-state index is 0.109. The molecule has 2 aromatic rings. The van der Waals surface area contributed by atoms with Crippen molar-refractivity contribution >= 4 is 17.4 Å². The van der Waals surface area contributed by atoms with Gasteiger partial charge < -0.3 is 10.6 Å². The van der Waals surface area contributed by atoms with Crippen LogP contribution in [0.4, 0.5) is 11.5 Å². The summed E-state index contributed by atoms with van der Waals surface area (Å²) >= 11 is 0. The van der Waals surface area contributed by atoms with E-state index >= 15 is 0 Å². The van der Waals surface area contributed by atoms with Crippen molar-refractivity contribution in [2.45, 2.75) is 32.7 Å². The van der Waals surface area contributed by atoms with Crippen LogP contribution in [0.15, 0.2) is 36.5 Å². The molecule has 0 radical (unpaired) electrons. The van der Waals surface area contributed by atoms with E-state index in [1.807, 2.05) is 44.2 Å². The van der Waals surface area contributed by atoms with Crippen LogP contribution in [0.2, 0.25) is 0 Å². The minimum atomic E-state index is -0.109. The van der Waals surface area contributed by atoms with Gasteiger partial charge >= 0.3 is 0 Å². The van der Waals surface area contributed by atoms with Crippen LogP contribution >= 0.6 is 0 Å². The molecule has 1 aliphatic carbocycles. The number of benzene rings is 1. The number of rotatable bonds is 4. The Morgan fingerprint density at radius 3 is 2.57 bits per heavy atom. The number of nitrogens with one attached hydrogen (secondary N) is 2. The van der Waals surface area contributed by atoms with Crippen molar-refractivity contribution in [3.05, 3.63) is 53.2 Å². The number of aromatic nitrogens is 1. The quantitative estimate of drug-likeness (QED) is 0.901. The first kappa shape index (κ1) is 13.6. The first-order valence-electron chi connectivity index (χ1n) is 7.23. The number of carbonyl (C=O) groups is 1. The van der Waals surface area contributed by atoms with Crippen molar-refractivity contribution < 1.29 is 4.79 Å². The lowest BCUT2D eigenvalue weighted by atomic mass is 10.1. The molecule has 0 aliphatic heterocycles. The van der Waals surface area contributed by atoms with Gasteiger partial charge in [0.1, 0.15) is 5.82 Å². The molecule has 1 fully saturated rings. The lowest BCUT2D eigenvalue weighted by Gasteiger charge is -2.08. The second-order valence-corrected chi connectivity index (χ2v) is 5.60. The van der Waals surface area contributed by atoms with Crippen LogP contribution in [0.5, 0.6) is 0 Å². The minimum Gasteiger partial charge on any atom is -0.367 e. The van der Waals surface area contributed by atoms with Crippen molar-refractivity contribution in [3.8, 4) is 0 Å². The normalized spacial score (nSPS) is 13.8. The van der Waals surface area contributed by atoms with Crippen LogP contribution in [-0.2, 0) is 0 Å². The van der Waals surface area contributed by atoms with Crippen molar-refractivity contribution in [3.63, 3.8) is 0 Å². The van der Waals surface area contributed by atoms with Crippen LogP contribution in [0.25, 0.3) is 0 Å². The molecule has 4 nitrogen and oxygen atoms in total. The van der Waals surface area contributed by atoms with Crippen molar-refractivity contribution in [2.75, 3.05) is 10.6 Å². The summed E-state index contributed by atoms with van der Waals surface area (Å²) in [7, 11) is 0. The predicted octanol–water partition coefficient (Wildman–Crippen LogP) is 3.53. The summed E-state index contributed by atoms with van der Waals surface area (Å²) < 4.78 is 0. The number of anilines is 2. The highest BCUT2D eigenvalue weighted by molar-refractivity contribution is 6.04. The molecule has 1 aliphatic rings. The summed E-state index contributed by atoms with van der Waals surface area (Å²) in [6.45, 7) is 4.04. The molecular formula is C17H19N3O. The summed E-state index contributed by atoms with van der Waals surface area (Å²) in [5.41, 5.74) is 3.67. The van der Waals surface area contributed by atoms with Crippen molar-refractivity contribution in [2.24, 2.45) is 0 Å². The summed E-state index contributed by atoms with van der Waals surface area (Å²) in [5.74, 6) is 0.754. The van der Waals surface area contributed by atoms with Gasteiger partial charge in [-0.15, -0.1) is 0 Å². The van der Waals surface area contributed by atoms with Crippen LogP contribution in [0, 0.1) is 13.8 Å². The number of nitrogens with zero attached hydrogens (tertiary/aromatic N) is 1. The van der Waals surface area contributed by atoms with Gasteiger partial charge in [0.25, 0.3) is 5.91 Å². The fourth-order valence-electron chi connectivity index (χ4n) is 2.08. The van der Waals surface area contributed by atoms with E-state index in [1.165, 1.54) is 18.4 Å². The molecule has 0 spiro atoms. The number of pyridine rings is 1. The largest absolute Gasteiger partial charge is 0.367 e. The fourth-order valence-corrected chi connectivity index (χ4v) is 2.08. The number of carbonyl (C=O) groups excluding carboxylic acids is 1. The van der Waals surface area contributed by atoms with E-state index in [1.54, 1.807) is 6.20 Å². The van der Waals surface area contributed by atoms with Crippen LogP contribution in [0.1, 0.15) is 34.3 Å². The molecule has 0 atom stereocenters.